The minimum Gasteiger partial charge on any atom is -0.486 e. The second-order valence-corrected chi connectivity index (χ2v) is 6.45. The first-order valence-electron chi connectivity index (χ1n) is 6.10. The molecule has 1 heterocycles. The van der Waals surface area contributed by atoms with Crippen LogP contribution in [0.4, 0.5) is 0 Å². The number of nitrogens with zero attached hydrogens (tertiary/aromatic N) is 1. The number of hydrogen-bond acceptors (Lipinski definition) is 5. The van der Waals surface area contributed by atoms with Crippen molar-refractivity contribution in [1.29, 1.82) is 5.41 Å². The number of rotatable bonds is 5. The first kappa shape index (κ1) is 14.6. The van der Waals surface area contributed by atoms with Crippen LogP contribution in [-0.4, -0.2) is 45.4 Å². The van der Waals surface area contributed by atoms with Gasteiger partial charge in [0.1, 0.15) is 13.2 Å². The maximum absolute atomic E-state index is 12.3. The monoisotopic (exact) mass is 299 g/mol. The van der Waals surface area contributed by atoms with Crippen LogP contribution in [0, 0.1) is 5.41 Å². The topological polar surface area (TPSA) is 106 Å². The van der Waals surface area contributed by atoms with Gasteiger partial charge in [0.2, 0.25) is 10.0 Å². The smallest absolute Gasteiger partial charge is 0.242 e. The molecule has 7 nitrogen and oxygen atoms in total. The molecule has 0 fully saturated rings. The summed E-state index contributed by atoms with van der Waals surface area (Å²) in [5, 5.41) is 7.14. The summed E-state index contributed by atoms with van der Waals surface area (Å²) in [5.74, 6) is 0.924. The number of nitrogens with two attached hydrogens (primary N) is 1. The van der Waals surface area contributed by atoms with Crippen molar-refractivity contribution < 1.29 is 17.9 Å². The zero-order valence-corrected chi connectivity index (χ0v) is 11.9. The number of nitrogens with one attached hydrogen (secondary N) is 1. The fourth-order valence-electron chi connectivity index (χ4n) is 1.76. The van der Waals surface area contributed by atoms with E-state index >= 15 is 0 Å². The molecule has 1 aromatic carbocycles. The van der Waals surface area contributed by atoms with Gasteiger partial charge in [-0.15, -0.1) is 0 Å². The Labute approximate surface area is 117 Å². The van der Waals surface area contributed by atoms with Crippen LogP contribution in [0.25, 0.3) is 0 Å². The lowest BCUT2D eigenvalue weighted by molar-refractivity contribution is 0.171. The predicted molar refractivity (Wildman–Crippen MR) is 73.8 cm³/mol. The number of benzene rings is 1. The van der Waals surface area contributed by atoms with Gasteiger partial charge in [-0.05, 0) is 12.1 Å². The molecule has 0 radical (unpaired) electrons. The maximum atomic E-state index is 12.3. The molecule has 0 aliphatic carbocycles. The number of ether oxygens (including phenoxy) is 2. The molecule has 1 aromatic rings. The highest BCUT2D eigenvalue weighted by atomic mass is 32.2. The van der Waals surface area contributed by atoms with Gasteiger partial charge in [0.25, 0.3) is 0 Å². The van der Waals surface area contributed by atoms with Crippen molar-refractivity contribution in [1.82, 2.24) is 4.31 Å². The molecule has 3 N–H and O–H groups in total. The second kappa shape index (κ2) is 5.68. The average molecular weight is 299 g/mol. The highest BCUT2D eigenvalue weighted by molar-refractivity contribution is 7.89. The van der Waals surface area contributed by atoms with Gasteiger partial charge >= 0.3 is 0 Å². The van der Waals surface area contributed by atoms with Crippen LogP contribution in [-0.2, 0) is 10.0 Å². The second-order valence-electron chi connectivity index (χ2n) is 4.41. The molecule has 2 rings (SSSR count). The fraction of sp³-hybridized carbons (Fsp3) is 0.417. The first-order valence-corrected chi connectivity index (χ1v) is 7.54. The van der Waals surface area contributed by atoms with Crippen LogP contribution >= 0.6 is 0 Å². The van der Waals surface area contributed by atoms with Gasteiger partial charge in [-0.3, -0.25) is 5.41 Å². The van der Waals surface area contributed by atoms with Crippen LogP contribution < -0.4 is 15.2 Å². The van der Waals surface area contributed by atoms with E-state index in [0.29, 0.717) is 24.7 Å². The third-order valence-corrected chi connectivity index (χ3v) is 4.77. The van der Waals surface area contributed by atoms with Crippen molar-refractivity contribution in [3.8, 4) is 11.5 Å². The molecule has 0 bridgehead atoms. The van der Waals surface area contributed by atoms with Crippen LogP contribution in [0.3, 0.4) is 0 Å². The molecule has 0 atom stereocenters. The Morgan fingerprint density at radius 3 is 2.65 bits per heavy atom. The Balaban J connectivity index is 2.23. The fourth-order valence-corrected chi connectivity index (χ4v) is 2.95. The molecule has 0 aromatic heterocycles. The number of fused-ring (bicyclic) bond motifs is 1. The molecule has 0 amide bonds. The summed E-state index contributed by atoms with van der Waals surface area (Å²) in [7, 11) is -2.17. The van der Waals surface area contributed by atoms with E-state index in [1.807, 2.05) is 0 Å². The van der Waals surface area contributed by atoms with Gasteiger partial charge in [0.05, 0.1) is 10.7 Å². The maximum Gasteiger partial charge on any atom is 0.242 e. The lowest BCUT2D eigenvalue weighted by atomic mass is 10.3. The van der Waals surface area contributed by atoms with Crippen molar-refractivity contribution >= 4 is 15.9 Å². The molecule has 0 saturated carbocycles. The van der Waals surface area contributed by atoms with Crippen molar-refractivity contribution in [3.63, 3.8) is 0 Å². The molecule has 0 unspecified atom stereocenters. The summed E-state index contributed by atoms with van der Waals surface area (Å²) in [6.45, 7) is 1.01. The Kier molecular flexibility index (Phi) is 4.15. The SMILES string of the molecule is CN(CCC(=N)N)S(=O)(=O)c1ccc2c(c1)OCCO2. The van der Waals surface area contributed by atoms with Crippen molar-refractivity contribution in [3.05, 3.63) is 18.2 Å². The quantitative estimate of drug-likeness (QED) is 0.605. The van der Waals surface area contributed by atoms with Gasteiger partial charge in [-0.2, -0.15) is 0 Å². The summed E-state index contributed by atoms with van der Waals surface area (Å²) in [6.07, 6.45) is 0.195. The molecule has 20 heavy (non-hydrogen) atoms. The minimum atomic E-state index is -3.62. The standard InChI is InChI=1S/C12H17N3O4S/c1-15(5-4-12(13)14)20(16,17)9-2-3-10-11(8-9)19-7-6-18-10/h2-3,8H,4-7H2,1H3,(H3,13,14). The Morgan fingerprint density at radius 1 is 1.35 bits per heavy atom. The van der Waals surface area contributed by atoms with Crippen LogP contribution in [0.5, 0.6) is 11.5 Å². The highest BCUT2D eigenvalue weighted by Gasteiger charge is 2.23. The predicted octanol–water partition coefficient (Wildman–Crippen LogP) is 0.404. The lowest BCUT2D eigenvalue weighted by Gasteiger charge is -2.21. The van der Waals surface area contributed by atoms with Gasteiger partial charge in [-0.25, -0.2) is 12.7 Å². The molecular weight excluding hydrogens is 282 g/mol. The Morgan fingerprint density at radius 2 is 2.00 bits per heavy atom. The zero-order valence-electron chi connectivity index (χ0n) is 11.1. The molecule has 1 aliphatic rings. The Bertz CT molecular complexity index is 615. The third-order valence-electron chi connectivity index (χ3n) is 2.92. The van der Waals surface area contributed by atoms with Gasteiger partial charge < -0.3 is 15.2 Å². The van der Waals surface area contributed by atoms with E-state index in [0.717, 1.165) is 0 Å². The van der Waals surface area contributed by atoms with E-state index in [-0.39, 0.29) is 23.7 Å². The summed E-state index contributed by atoms with van der Waals surface area (Å²) in [4.78, 5) is 0.132. The number of sulfonamides is 1. The average Bonchev–Trinajstić information content (AvgIpc) is 2.44. The zero-order chi connectivity index (χ0) is 14.8. The molecule has 110 valence electrons. The van der Waals surface area contributed by atoms with Crippen molar-refractivity contribution in [2.45, 2.75) is 11.3 Å². The number of hydrogen-bond donors (Lipinski definition) is 2. The summed E-state index contributed by atoms with van der Waals surface area (Å²) >= 11 is 0. The van der Waals surface area contributed by atoms with Gasteiger partial charge in [0, 0.05) is 26.1 Å². The number of amidine groups is 1. The highest BCUT2D eigenvalue weighted by Crippen LogP contribution is 2.32. The van der Waals surface area contributed by atoms with Crippen LogP contribution in [0.1, 0.15) is 6.42 Å². The molecule has 1 aliphatic heterocycles. The first-order chi connectivity index (χ1) is 9.41. The normalized spacial score (nSPS) is 14.3. The van der Waals surface area contributed by atoms with E-state index < -0.39 is 10.0 Å². The summed E-state index contributed by atoms with van der Waals surface area (Å²) in [5.41, 5.74) is 5.24. The van der Waals surface area contributed by atoms with Crippen molar-refractivity contribution in [2.24, 2.45) is 5.73 Å². The van der Waals surface area contributed by atoms with Gasteiger partial charge in [-0.1, -0.05) is 0 Å². The van der Waals surface area contributed by atoms with E-state index in [1.54, 1.807) is 6.07 Å². The van der Waals surface area contributed by atoms with E-state index in [9.17, 15) is 8.42 Å². The lowest BCUT2D eigenvalue weighted by Crippen LogP contribution is -2.30. The third kappa shape index (κ3) is 3.02. The minimum absolute atomic E-state index is 0.0470. The Hall–Kier alpha value is -1.80. The van der Waals surface area contributed by atoms with Crippen LogP contribution in [0.2, 0.25) is 0 Å². The molecule has 8 heteroatoms. The van der Waals surface area contributed by atoms with Gasteiger partial charge in [0.15, 0.2) is 11.5 Å². The van der Waals surface area contributed by atoms with E-state index in [1.165, 1.54) is 23.5 Å². The van der Waals surface area contributed by atoms with Crippen LogP contribution in [0.15, 0.2) is 23.1 Å². The molecular formula is C12H17N3O4S. The molecule has 0 spiro atoms. The van der Waals surface area contributed by atoms with E-state index in [2.05, 4.69) is 0 Å². The molecule has 0 saturated heterocycles. The largest absolute Gasteiger partial charge is 0.486 e. The summed E-state index contributed by atoms with van der Waals surface area (Å²) < 4.78 is 36.6. The summed E-state index contributed by atoms with van der Waals surface area (Å²) in [6, 6.07) is 4.52. The van der Waals surface area contributed by atoms with E-state index in [4.69, 9.17) is 20.6 Å². The van der Waals surface area contributed by atoms with Crippen molar-refractivity contribution in [2.75, 3.05) is 26.8 Å².